The summed E-state index contributed by atoms with van der Waals surface area (Å²) in [5.41, 5.74) is 2.75. The van der Waals surface area contributed by atoms with E-state index >= 15 is 0 Å². The number of likely N-dealkylation sites (tertiary alicyclic amines) is 1. The van der Waals surface area contributed by atoms with Gasteiger partial charge >= 0.3 is 0 Å². The van der Waals surface area contributed by atoms with Gasteiger partial charge in [-0.15, -0.1) is 0 Å². The number of hydrogen-bond acceptors (Lipinski definition) is 2. The van der Waals surface area contributed by atoms with Crippen LogP contribution in [-0.4, -0.2) is 31.1 Å². The van der Waals surface area contributed by atoms with Crippen molar-refractivity contribution in [2.24, 2.45) is 5.92 Å². The Labute approximate surface area is 132 Å². The molecule has 1 N–H and O–H groups in total. The lowest BCUT2D eigenvalue weighted by Crippen LogP contribution is -2.41. The second-order valence-corrected chi connectivity index (χ2v) is 7.25. The highest BCUT2D eigenvalue weighted by molar-refractivity contribution is 9.10. The number of hydrogen-bond donors (Lipinski definition) is 1. The molecule has 2 unspecified atom stereocenters. The number of rotatable bonds is 4. The van der Waals surface area contributed by atoms with Gasteiger partial charge in [-0.1, -0.05) is 41.9 Å². The Morgan fingerprint density at radius 2 is 2.15 bits per heavy atom. The monoisotopic (exact) mass is 338 g/mol. The summed E-state index contributed by atoms with van der Waals surface area (Å²) in [7, 11) is 2.26. The zero-order valence-electron chi connectivity index (χ0n) is 13.1. The Kier molecular flexibility index (Phi) is 5.65. The smallest absolute Gasteiger partial charge is 0.0385 e. The van der Waals surface area contributed by atoms with Gasteiger partial charge in [0.2, 0.25) is 0 Å². The SMILES string of the molecule is Cc1ccc(C2C(CNC(C)C)CCCN2C)cc1Br. The predicted octanol–water partition coefficient (Wildman–Crippen LogP) is 4.14. The number of halogens is 1. The Morgan fingerprint density at radius 1 is 1.40 bits per heavy atom. The van der Waals surface area contributed by atoms with E-state index in [0.717, 1.165) is 6.54 Å². The predicted molar refractivity (Wildman–Crippen MR) is 90.1 cm³/mol. The number of nitrogens with one attached hydrogen (secondary N) is 1. The fraction of sp³-hybridized carbons (Fsp3) is 0.647. The highest BCUT2D eigenvalue weighted by atomic mass is 79.9. The molecule has 1 aliphatic rings. The molecule has 2 rings (SSSR count). The van der Waals surface area contributed by atoms with Crippen LogP contribution in [0.25, 0.3) is 0 Å². The topological polar surface area (TPSA) is 15.3 Å². The van der Waals surface area contributed by atoms with Gasteiger partial charge in [-0.2, -0.15) is 0 Å². The lowest BCUT2D eigenvalue weighted by Gasteiger charge is -2.40. The van der Waals surface area contributed by atoms with Gasteiger partial charge in [-0.25, -0.2) is 0 Å². The van der Waals surface area contributed by atoms with Crippen LogP contribution in [-0.2, 0) is 0 Å². The molecule has 0 saturated carbocycles. The zero-order chi connectivity index (χ0) is 14.7. The molecule has 0 aliphatic carbocycles. The first kappa shape index (κ1) is 16.0. The van der Waals surface area contributed by atoms with Crippen LogP contribution < -0.4 is 5.32 Å². The van der Waals surface area contributed by atoms with Crippen molar-refractivity contribution in [2.75, 3.05) is 20.1 Å². The molecular weight excluding hydrogens is 312 g/mol. The molecule has 1 fully saturated rings. The minimum atomic E-state index is 0.534. The molecule has 1 aromatic rings. The summed E-state index contributed by atoms with van der Waals surface area (Å²) >= 11 is 3.68. The normalized spacial score (nSPS) is 24.3. The second-order valence-electron chi connectivity index (χ2n) is 6.40. The van der Waals surface area contributed by atoms with E-state index in [0.29, 0.717) is 18.0 Å². The van der Waals surface area contributed by atoms with Crippen molar-refractivity contribution in [3.05, 3.63) is 33.8 Å². The third kappa shape index (κ3) is 3.84. The number of benzene rings is 1. The highest BCUT2D eigenvalue weighted by Crippen LogP contribution is 2.36. The van der Waals surface area contributed by atoms with Crippen LogP contribution in [0.15, 0.2) is 22.7 Å². The maximum atomic E-state index is 3.68. The van der Waals surface area contributed by atoms with Gasteiger partial charge in [-0.3, -0.25) is 4.90 Å². The van der Waals surface area contributed by atoms with Crippen molar-refractivity contribution in [3.63, 3.8) is 0 Å². The van der Waals surface area contributed by atoms with Gasteiger partial charge in [0, 0.05) is 23.1 Å². The van der Waals surface area contributed by atoms with Crippen molar-refractivity contribution in [1.29, 1.82) is 0 Å². The molecule has 0 amide bonds. The molecule has 2 atom stereocenters. The lowest BCUT2D eigenvalue weighted by molar-refractivity contribution is 0.118. The maximum Gasteiger partial charge on any atom is 0.0385 e. The number of piperidine rings is 1. The molecule has 1 aromatic carbocycles. The first-order valence-electron chi connectivity index (χ1n) is 7.68. The Bertz CT molecular complexity index is 445. The standard InChI is InChI=1S/C17H27BrN2/c1-12(2)19-11-15-6-5-9-20(4)17(15)14-8-7-13(3)16(18)10-14/h7-8,10,12,15,17,19H,5-6,9,11H2,1-4H3. The van der Waals surface area contributed by atoms with Crippen LogP contribution in [0.4, 0.5) is 0 Å². The molecular formula is C17H27BrN2. The zero-order valence-corrected chi connectivity index (χ0v) is 14.7. The van der Waals surface area contributed by atoms with E-state index in [1.165, 1.54) is 35.0 Å². The lowest BCUT2D eigenvalue weighted by atomic mass is 9.84. The minimum absolute atomic E-state index is 0.534. The van der Waals surface area contributed by atoms with E-state index in [2.05, 4.69) is 72.2 Å². The van der Waals surface area contributed by atoms with Crippen LogP contribution in [0.1, 0.15) is 43.9 Å². The van der Waals surface area contributed by atoms with Crippen molar-refractivity contribution in [2.45, 2.75) is 45.7 Å². The molecule has 1 aliphatic heterocycles. The average Bonchev–Trinajstić information content (AvgIpc) is 2.40. The van der Waals surface area contributed by atoms with Gasteiger partial charge in [0.25, 0.3) is 0 Å². The molecule has 0 bridgehead atoms. The summed E-state index contributed by atoms with van der Waals surface area (Å²) in [5, 5.41) is 3.62. The van der Waals surface area contributed by atoms with Crippen LogP contribution in [0.5, 0.6) is 0 Å². The van der Waals surface area contributed by atoms with Crippen molar-refractivity contribution in [1.82, 2.24) is 10.2 Å². The van der Waals surface area contributed by atoms with E-state index in [4.69, 9.17) is 0 Å². The molecule has 0 aromatic heterocycles. The summed E-state index contributed by atoms with van der Waals surface area (Å²) in [5.74, 6) is 0.700. The van der Waals surface area contributed by atoms with Crippen molar-refractivity contribution < 1.29 is 0 Å². The Hall–Kier alpha value is -0.380. The largest absolute Gasteiger partial charge is 0.314 e. The minimum Gasteiger partial charge on any atom is -0.314 e. The van der Waals surface area contributed by atoms with Gasteiger partial charge in [0.05, 0.1) is 0 Å². The second kappa shape index (κ2) is 7.06. The van der Waals surface area contributed by atoms with E-state index in [1.807, 2.05) is 0 Å². The molecule has 112 valence electrons. The van der Waals surface area contributed by atoms with Crippen LogP contribution >= 0.6 is 15.9 Å². The highest BCUT2D eigenvalue weighted by Gasteiger charge is 2.30. The van der Waals surface area contributed by atoms with Crippen LogP contribution in [0.3, 0.4) is 0 Å². The summed E-state index contributed by atoms with van der Waals surface area (Å²) in [4.78, 5) is 2.52. The van der Waals surface area contributed by atoms with E-state index < -0.39 is 0 Å². The van der Waals surface area contributed by atoms with Gasteiger partial charge in [0.15, 0.2) is 0 Å². The van der Waals surface area contributed by atoms with Gasteiger partial charge in [0.1, 0.15) is 0 Å². The fourth-order valence-electron chi connectivity index (χ4n) is 3.18. The molecule has 1 saturated heterocycles. The third-order valence-electron chi connectivity index (χ3n) is 4.33. The molecule has 3 heteroatoms. The maximum absolute atomic E-state index is 3.68. The quantitative estimate of drug-likeness (QED) is 0.887. The van der Waals surface area contributed by atoms with E-state index in [9.17, 15) is 0 Å². The molecule has 20 heavy (non-hydrogen) atoms. The number of aryl methyl sites for hydroxylation is 1. The molecule has 0 radical (unpaired) electrons. The van der Waals surface area contributed by atoms with Crippen molar-refractivity contribution in [3.8, 4) is 0 Å². The Balaban J connectivity index is 2.20. The third-order valence-corrected chi connectivity index (χ3v) is 5.19. The molecule has 2 nitrogen and oxygen atoms in total. The Morgan fingerprint density at radius 3 is 2.80 bits per heavy atom. The van der Waals surface area contributed by atoms with E-state index in [1.54, 1.807) is 0 Å². The summed E-state index contributed by atoms with van der Waals surface area (Å²) in [6.07, 6.45) is 2.63. The van der Waals surface area contributed by atoms with Crippen molar-refractivity contribution >= 4 is 15.9 Å². The molecule has 1 heterocycles. The van der Waals surface area contributed by atoms with Gasteiger partial charge < -0.3 is 5.32 Å². The fourth-order valence-corrected chi connectivity index (χ4v) is 3.58. The van der Waals surface area contributed by atoms with Crippen LogP contribution in [0, 0.1) is 12.8 Å². The summed E-state index contributed by atoms with van der Waals surface area (Å²) in [6.45, 7) is 8.91. The van der Waals surface area contributed by atoms with Crippen LogP contribution in [0.2, 0.25) is 0 Å². The average molecular weight is 339 g/mol. The summed E-state index contributed by atoms with van der Waals surface area (Å²) < 4.78 is 1.23. The molecule has 0 spiro atoms. The first-order valence-corrected chi connectivity index (χ1v) is 8.48. The summed E-state index contributed by atoms with van der Waals surface area (Å²) in [6, 6.07) is 7.94. The first-order chi connectivity index (χ1) is 9.49. The number of nitrogens with zero attached hydrogens (tertiary/aromatic N) is 1. The van der Waals surface area contributed by atoms with E-state index in [-0.39, 0.29) is 0 Å². The van der Waals surface area contributed by atoms with Gasteiger partial charge in [-0.05, 0) is 56.5 Å².